The molecular formula is C10H6F3NO3. The molecule has 0 aromatic heterocycles. The Morgan fingerprint density at radius 3 is 2.59 bits per heavy atom. The first-order valence-electron chi connectivity index (χ1n) is 4.27. The predicted molar refractivity (Wildman–Crippen MR) is 49.1 cm³/mol. The van der Waals surface area contributed by atoms with Crippen LogP contribution in [0.1, 0.15) is 15.9 Å². The number of halogens is 3. The molecule has 0 aliphatic rings. The van der Waals surface area contributed by atoms with Crippen LogP contribution < -0.4 is 4.74 Å². The summed E-state index contributed by atoms with van der Waals surface area (Å²) in [5.74, 6) is -3.07. The Bertz CT molecular complexity index is 482. The van der Waals surface area contributed by atoms with Crippen molar-refractivity contribution in [3.8, 4) is 11.8 Å². The number of methoxy groups -OCH3 is 1. The molecule has 0 saturated heterocycles. The number of hydrogen-bond donors (Lipinski definition) is 0. The van der Waals surface area contributed by atoms with Gasteiger partial charge < -0.3 is 9.47 Å². The highest BCUT2D eigenvalue weighted by molar-refractivity contribution is 5.92. The van der Waals surface area contributed by atoms with E-state index in [0.717, 1.165) is 19.2 Å². The second-order valence-electron chi connectivity index (χ2n) is 2.78. The summed E-state index contributed by atoms with van der Waals surface area (Å²) in [6.07, 6.45) is 0. The number of nitrogens with zero attached hydrogens (tertiary/aromatic N) is 1. The van der Waals surface area contributed by atoms with Gasteiger partial charge in [0.15, 0.2) is 11.6 Å². The average molecular weight is 245 g/mol. The maximum Gasteiger partial charge on any atom is 0.387 e. The Kier molecular flexibility index (Phi) is 3.93. The summed E-state index contributed by atoms with van der Waals surface area (Å²) in [7, 11) is 1.05. The fraction of sp³-hybridized carbons (Fsp3) is 0.200. The first-order chi connectivity index (χ1) is 8.01. The molecule has 0 fully saturated rings. The van der Waals surface area contributed by atoms with Crippen LogP contribution in [0.2, 0.25) is 0 Å². The molecular weight excluding hydrogens is 239 g/mol. The quantitative estimate of drug-likeness (QED) is 0.765. The van der Waals surface area contributed by atoms with Crippen molar-refractivity contribution >= 4 is 5.97 Å². The van der Waals surface area contributed by atoms with Crippen molar-refractivity contribution in [1.29, 1.82) is 5.26 Å². The highest BCUT2D eigenvalue weighted by Gasteiger charge is 2.21. The van der Waals surface area contributed by atoms with E-state index in [2.05, 4.69) is 9.47 Å². The van der Waals surface area contributed by atoms with Gasteiger partial charge in [0.1, 0.15) is 11.6 Å². The third kappa shape index (κ3) is 2.66. The largest absolute Gasteiger partial charge is 0.465 e. The minimum absolute atomic E-state index is 0.353. The Morgan fingerprint density at radius 1 is 1.47 bits per heavy atom. The number of alkyl halides is 2. The lowest BCUT2D eigenvalue weighted by atomic mass is 10.1. The highest BCUT2D eigenvalue weighted by Crippen LogP contribution is 2.25. The Labute approximate surface area is 94.2 Å². The predicted octanol–water partition coefficient (Wildman–Crippen LogP) is 2.09. The van der Waals surface area contributed by atoms with E-state index in [1.54, 1.807) is 0 Å². The molecule has 7 heteroatoms. The number of esters is 1. The van der Waals surface area contributed by atoms with Crippen molar-refractivity contribution in [3.05, 3.63) is 29.1 Å². The van der Waals surface area contributed by atoms with E-state index in [1.165, 1.54) is 6.07 Å². The SMILES string of the molecule is COC(=O)c1ccc(OC(F)F)c(F)c1C#N. The van der Waals surface area contributed by atoms with Crippen molar-refractivity contribution < 1.29 is 27.4 Å². The minimum Gasteiger partial charge on any atom is -0.465 e. The molecule has 0 aliphatic heterocycles. The summed E-state index contributed by atoms with van der Waals surface area (Å²) in [4.78, 5) is 11.1. The molecule has 1 aromatic carbocycles. The molecule has 17 heavy (non-hydrogen) atoms. The van der Waals surface area contributed by atoms with Crippen LogP contribution in [0.4, 0.5) is 13.2 Å². The molecule has 1 aromatic rings. The topological polar surface area (TPSA) is 59.3 Å². The zero-order chi connectivity index (χ0) is 13.0. The summed E-state index contributed by atoms with van der Waals surface area (Å²) >= 11 is 0. The van der Waals surface area contributed by atoms with Crippen molar-refractivity contribution in [3.63, 3.8) is 0 Å². The summed E-state index contributed by atoms with van der Waals surface area (Å²) in [6.45, 7) is -3.22. The van der Waals surface area contributed by atoms with Gasteiger partial charge in [-0.25, -0.2) is 9.18 Å². The van der Waals surface area contributed by atoms with Gasteiger partial charge in [0, 0.05) is 0 Å². The van der Waals surface area contributed by atoms with Gasteiger partial charge >= 0.3 is 12.6 Å². The van der Waals surface area contributed by atoms with Crippen LogP contribution in [-0.2, 0) is 4.74 Å². The van der Waals surface area contributed by atoms with E-state index in [-0.39, 0.29) is 5.56 Å². The van der Waals surface area contributed by atoms with Crippen molar-refractivity contribution in [1.82, 2.24) is 0 Å². The number of hydrogen-bond acceptors (Lipinski definition) is 4. The Balaban J connectivity index is 3.28. The molecule has 1 rings (SSSR count). The maximum atomic E-state index is 13.5. The number of benzene rings is 1. The monoisotopic (exact) mass is 245 g/mol. The molecule has 0 spiro atoms. The number of carbonyl (C=O) groups excluding carboxylic acids is 1. The Morgan fingerprint density at radius 2 is 2.12 bits per heavy atom. The van der Waals surface area contributed by atoms with Crippen LogP contribution in [-0.4, -0.2) is 19.7 Å². The van der Waals surface area contributed by atoms with Crippen LogP contribution in [0.15, 0.2) is 12.1 Å². The van der Waals surface area contributed by atoms with Gasteiger partial charge in [0.05, 0.1) is 12.7 Å². The summed E-state index contributed by atoms with van der Waals surface area (Å²) < 4.78 is 45.5. The van der Waals surface area contributed by atoms with Crippen LogP contribution in [0.3, 0.4) is 0 Å². The third-order valence-corrected chi connectivity index (χ3v) is 1.84. The van der Waals surface area contributed by atoms with Crippen molar-refractivity contribution in [2.45, 2.75) is 6.61 Å². The van der Waals surface area contributed by atoms with Gasteiger partial charge in [-0.05, 0) is 12.1 Å². The van der Waals surface area contributed by atoms with Crippen LogP contribution in [0, 0.1) is 17.1 Å². The van der Waals surface area contributed by atoms with Crippen LogP contribution in [0.5, 0.6) is 5.75 Å². The second kappa shape index (κ2) is 5.21. The number of rotatable bonds is 3. The number of carbonyl (C=O) groups is 1. The lowest BCUT2D eigenvalue weighted by molar-refractivity contribution is -0.0522. The molecule has 0 radical (unpaired) electrons. The standard InChI is InChI=1S/C10H6F3NO3/c1-16-9(15)5-2-3-7(17-10(12)13)8(11)6(5)4-14/h2-3,10H,1H3. The Hall–Kier alpha value is -2.23. The minimum atomic E-state index is -3.22. The molecule has 0 N–H and O–H groups in total. The van der Waals surface area contributed by atoms with Crippen molar-refractivity contribution in [2.75, 3.05) is 7.11 Å². The van der Waals surface area contributed by atoms with Gasteiger partial charge in [0.25, 0.3) is 0 Å². The van der Waals surface area contributed by atoms with Gasteiger partial charge in [-0.3, -0.25) is 0 Å². The van der Waals surface area contributed by atoms with E-state index < -0.39 is 29.7 Å². The summed E-state index contributed by atoms with van der Waals surface area (Å²) in [5.41, 5.74) is -1.05. The normalized spacial score (nSPS) is 9.88. The van der Waals surface area contributed by atoms with Gasteiger partial charge in [-0.2, -0.15) is 14.0 Å². The fourth-order valence-corrected chi connectivity index (χ4v) is 1.13. The van der Waals surface area contributed by atoms with Crippen LogP contribution in [0.25, 0.3) is 0 Å². The van der Waals surface area contributed by atoms with E-state index in [4.69, 9.17) is 5.26 Å². The smallest absolute Gasteiger partial charge is 0.387 e. The van der Waals surface area contributed by atoms with E-state index >= 15 is 0 Å². The molecule has 0 saturated carbocycles. The average Bonchev–Trinajstić information content (AvgIpc) is 2.30. The number of ether oxygens (including phenoxy) is 2. The fourth-order valence-electron chi connectivity index (χ4n) is 1.13. The maximum absolute atomic E-state index is 13.5. The molecule has 0 amide bonds. The molecule has 90 valence electrons. The van der Waals surface area contributed by atoms with E-state index in [1.807, 2.05) is 0 Å². The highest BCUT2D eigenvalue weighted by atomic mass is 19.3. The van der Waals surface area contributed by atoms with Crippen molar-refractivity contribution in [2.24, 2.45) is 0 Å². The van der Waals surface area contributed by atoms with Gasteiger partial charge in [0.2, 0.25) is 0 Å². The lowest BCUT2D eigenvalue weighted by Crippen LogP contribution is -2.09. The summed E-state index contributed by atoms with van der Waals surface area (Å²) in [6, 6.07) is 3.20. The molecule has 0 atom stereocenters. The zero-order valence-electron chi connectivity index (χ0n) is 8.54. The third-order valence-electron chi connectivity index (χ3n) is 1.84. The van der Waals surface area contributed by atoms with Gasteiger partial charge in [-0.1, -0.05) is 0 Å². The lowest BCUT2D eigenvalue weighted by Gasteiger charge is -2.08. The zero-order valence-corrected chi connectivity index (χ0v) is 8.54. The molecule has 0 aliphatic carbocycles. The second-order valence-corrected chi connectivity index (χ2v) is 2.78. The van der Waals surface area contributed by atoms with E-state index in [9.17, 15) is 18.0 Å². The molecule has 4 nitrogen and oxygen atoms in total. The first-order valence-corrected chi connectivity index (χ1v) is 4.27. The van der Waals surface area contributed by atoms with Gasteiger partial charge in [-0.15, -0.1) is 0 Å². The molecule has 0 bridgehead atoms. The molecule has 0 unspecified atom stereocenters. The molecule has 0 heterocycles. The summed E-state index contributed by atoms with van der Waals surface area (Å²) in [5, 5.41) is 8.66. The first kappa shape index (κ1) is 12.8. The van der Waals surface area contributed by atoms with Crippen LogP contribution >= 0.6 is 0 Å². The number of nitriles is 1. The van der Waals surface area contributed by atoms with E-state index in [0.29, 0.717) is 0 Å².